The fourth-order valence-electron chi connectivity index (χ4n) is 4.35. The Kier molecular flexibility index (Phi) is 8.85. The fourth-order valence-corrected chi connectivity index (χ4v) is 4.35. The molecule has 0 spiro atoms. The predicted molar refractivity (Wildman–Crippen MR) is 101 cm³/mol. The van der Waals surface area contributed by atoms with Gasteiger partial charge in [-0.25, -0.2) is 0 Å². The highest BCUT2D eigenvalue weighted by molar-refractivity contribution is 5.06. The van der Waals surface area contributed by atoms with Crippen LogP contribution in [0.3, 0.4) is 0 Å². The van der Waals surface area contributed by atoms with Crippen LogP contribution in [0, 0.1) is 0 Å². The second-order valence-corrected chi connectivity index (χ2v) is 8.57. The lowest BCUT2D eigenvalue weighted by Gasteiger charge is -2.53. The number of hydrogen-bond acceptors (Lipinski definition) is 16. The first-order valence-electron chi connectivity index (χ1n) is 10.6. The van der Waals surface area contributed by atoms with Gasteiger partial charge >= 0.3 is 0 Å². The van der Waals surface area contributed by atoms with E-state index >= 15 is 0 Å². The number of hydrogen-bond donors (Lipinski definition) is 12. The molecule has 3 aliphatic heterocycles. The molecule has 15 atom stereocenters. The lowest BCUT2D eigenvalue weighted by molar-refractivity contribution is -0.420. The summed E-state index contributed by atoms with van der Waals surface area (Å²) in [7, 11) is 0. The lowest BCUT2D eigenvalue weighted by atomic mass is 9.83. The molecule has 0 radical (unpaired) electrons. The number of rotatable bonds is 6. The molecule has 2 unspecified atom stereocenters. The normalized spacial score (nSPS) is 54.7. The van der Waals surface area contributed by atoms with E-state index < -0.39 is 111 Å². The Morgan fingerprint density at radius 2 is 1.09 bits per heavy atom. The SMILES string of the molecule is OC[C@H]1O[C@@H](O[C@H]2[C@H](O)[C@@H](O)C(O)(C3O[C@H](CO)[C@@H](O)[C@H](O)[C@@H]3O)O[C@@H]2CO)[C@H](O)[C@@H](O)[C@H]1O. The van der Waals surface area contributed by atoms with E-state index in [1.807, 2.05) is 0 Å². The van der Waals surface area contributed by atoms with Crippen LogP contribution in [-0.4, -0.2) is 173 Å². The second-order valence-electron chi connectivity index (χ2n) is 8.57. The van der Waals surface area contributed by atoms with E-state index in [0.29, 0.717) is 0 Å². The summed E-state index contributed by atoms with van der Waals surface area (Å²) in [5.41, 5.74) is 0. The van der Waals surface area contributed by atoms with Crippen molar-refractivity contribution >= 4 is 0 Å². The summed E-state index contributed by atoms with van der Waals surface area (Å²) in [6.07, 6.45) is -25.9. The molecule has 3 rings (SSSR count). The Morgan fingerprint density at radius 3 is 1.62 bits per heavy atom. The van der Waals surface area contributed by atoms with Crippen LogP contribution in [0.4, 0.5) is 0 Å². The summed E-state index contributed by atoms with van der Waals surface area (Å²) in [6, 6.07) is 0. The standard InChI is InChI=1S/C18H32O16/c19-1-4-7(22)9(24)11(26)16(31-4)18(30)15(29)13(28)14(6(3-21)34-18)33-17-12(27)10(25)8(23)5(2-20)32-17/h4-17,19-30H,1-3H2/t4-,5-,6-,7-,8+,9+,10+,11+,12-,13+,14-,15-,16?,17+,18?/m1/s1. The summed E-state index contributed by atoms with van der Waals surface area (Å²) in [5, 5.41) is 121. The smallest absolute Gasteiger partial charge is 0.225 e. The van der Waals surface area contributed by atoms with Crippen LogP contribution < -0.4 is 0 Å². The van der Waals surface area contributed by atoms with E-state index in [0.717, 1.165) is 0 Å². The average Bonchev–Trinajstić information content (AvgIpc) is 2.82. The third-order valence-electron chi connectivity index (χ3n) is 6.41. The molecule has 0 amide bonds. The summed E-state index contributed by atoms with van der Waals surface area (Å²) in [4.78, 5) is 0. The van der Waals surface area contributed by atoms with Crippen LogP contribution in [0.1, 0.15) is 0 Å². The Hall–Kier alpha value is -0.640. The molecule has 34 heavy (non-hydrogen) atoms. The van der Waals surface area contributed by atoms with Crippen molar-refractivity contribution in [1.82, 2.24) is 0 Å². The molecular weight excluding hydrogens is 472 g/mol. The first-order chi connectivity index (χ1) is 15.9. The van der Waals surface area contributed by atoms with E-state index in [4.69, 9.17) is 18.9 Å². The number of aliphatic hydroxyl groups is 12. The molecule has 0 bridgehead atoms. The van der Waals surface area contributed by atoms with E-state index in [-0.39, 0.29) is 0 Å². The molecule has 0 aromatic carbocycles. The maximum Gasteiger partial charge on any atom is 0.225 e. The molecule has 0 saturated carbocycles. The largest absolute Gasteiger partial charge is 0.394 e. The van der Waals surface area contributed by atoms with E-state index in [1.165, 1.54) is 0 Å². The Morgan fingerprint density at radius 1 is 0.588 bits per heavy atom. The van der Waals surface area contributed by atoms with Gasteiger partial charge in [-0.05, 0) is 0 Å². The predicted octanol–water partition coefficient (Wildman–Crippen LogP) is -8.18. The summed E-state index contributed by atoms with van der Waals surface area (Å²) in [6.45, 7) is -2.62. The third-order valence-corrected chi connectivity index (χ3v) is 6.41. The summed E-state index contributed by atoms with van der Waals surface area (Å²) < 4.78 is 21.1. The monoisotopic (exact) mass is 504 g/mol. The van der Waals surface area contributed by atoms with Crippen molar-refractivity contribution in [2.75, 3.05) is 19.8 Å². The molecule has 3 heterocycles. The summed E-state index contributed by atoms with van der Waals surface area (Å²) in [5.74, 6) is -3.00. The van der Waals surface area contributed by atoms with E-state index in [1.54, 1.807) is 0 Å². The highest BCUT2D eigenvalue weighted by Crippen LogP contribution is 2.39. The van der Waals surface area contributed by atoms with E-state index in [9.17, 15) is 61.3 Å². The molecule has 200 valence electrons. The molecule has 3 fully saturated rings. The van der Waals surface area contributed by atoms with Gasteiger partial charge in [0.1, 0.15) is 79.4 Å². The molecule has 12 N–H and O–H groups in total. The summed E-state index contributed by atoms with van der Waals surface area (Å²) >= 11 is 0. The van der Waals surface area contributed by atoms with Gasteiger partial charge in [0.05, 0.1) is 19.8 Å². The van der Waals surface area contributed by atoms with Crippen LogP contribution in [-0.2, 0) is 18.9 Å². The zero-order valence-electron chi connectivity index (χ0n) is 17.7. The lowest BCUT2D eigenvalue weighted by Crippen LogP contribution is -2.75. The zero-order valence-corrected chi connectivity index (χ0v) is 17.7. The van der Waals surface area contributed by atoms with Crippen molar-refractivity contribution in [3.63, 3.8) is 0 Å². The van der Waals surface area contributed by atoms with Crippen LogP contribution in [0.5, 0.6) is 0 Å². The Labute approximate surface area is 192 Å². The van der Waals surface area contributed by atoms with Crippen LogP contribution in [0.25, 0.3) is 0 Å². The molecular formula is C18H32O16. The van der Waals surface area contributed by atoms with Gasteiger partial charge in [0, 0.05) is 0 Å². The fraction of sp³-hybridized carbons (Fsp3) is 1.00. The second kappa shape index (κ2) is 10.8. The van der Waals surface area contributed by atoms with Crippen molar-refractivity contribution in [2.45, 2.75) is 91.4 Å². The molecule has 3 saturated heterocycles. The van der Waals surface area contributed by atoms with Gasteiger partial charge in [0.25, 0.3) is 0 Å². The Balaban J connectivity index is 1.83. The van der Waals surface area contributed by atoms with Crippen LogP contribution in [0.2, 0.25) is 0 Å². The average molecular weight is 504 g/mol. The van der Waals surface area contributed by atoms with Gasteiger partial charge in [-0.3, -0.25) is 0 Å². The van der Waals surface area contributed by atoms with Gasteiger partial charge in [0.15, 0.2) is 6.29 Å². The molecule has 0 aliphatic carbocycles. The van der Waals surface area contributed by atoms with Crippen molar-refractivity contribution < 1.29 is 80.2 Å². The van der Waals surface area contributed by atoms with Gasteiger partial charge in [-0.2, -0.15) is 0 Å². The molecule has 0 aromatic heterocycles. The van der Waals surface area contributed by atoms with Crippen LogP contribution in [0.15, 0.2) is 0 Å². The van der Waals surface area contributed by atoms with Gasteiger partial charge in [0.2, 0.25) is 5.79 Å². The van der Waals surface area contributed by atoms with Crippen LogP contribution >= 0.6 is 0 Å². The maximum absolute atomic E-state index is 11.0. The van der Waals surface area contributed by atoms with Crippen molar-refractivity contribution in [1.29, 1.82) is 0 Å². The molecule has 0 aromatic rings. The highest BCUT2D eigenvalue weighted by Gasteiger charge is 2.63. The number of ether oxygens (including phenoxy) is 4. The quantitative estimate of drug-likeness (QED) is 0.160. The Bertz CT molecular complexity index is 664. The van der Waals surface area contributed by atoms with Gasteiger partial charge in [-0.15, -0.1) is 0 Å². The minimum atomic E-state index is -3.00. The number of aliphatic hydroxyl groups excluding tert-OH is 11. The van der Waals surface area contributed by atoms with Crippen molar-refractivity contribution in [3.05, 3.63) is 0 Å². The minimum Gasteiger partial charge on any atom is -0.394 e. The van der Waals surface area contributed by atoms with Gasteiger partial charge in [-0.1, -0.05) is 0 Å². The first kappa shape index (κ1) is 27.9. The molecule has 16 nitrogen and oxygen atoms in total. The first-order valence-corrected chi connectivity index (χ1v) is 10.6. The third kappa shape index (κ3) is 4.71. The zero-order chi connectivity index (χ0) is 25.5. The van der Waals surface area contributed by atoms with Gasteiger partial charge < -0.3 is 80.2 Å². The molecule has 3 aliphatic rings. The highest BCUT2D eigenvalue weighted by atomic mass is 16.7. The van der Waals surface area contributed by atoms with Crippen molar-refractivity contribution in [2.24, 2.45) is 0 Å². The minimum absolute atomic E-state index is 0.780. The maximum atomic E-state index is 11.0. The van der Waals surface area contributed by atoms with Crippen molar-refractivity contribution in [3.8, 4) is 0 Å². The van der Waals surface area contributed by atoms with E-state index in [2.05, 4.69) is 0 Å². The topological polar surface area (TPSA) is 280 Å². The molecule has 16 heteroatoms.